The molecule has 0 aromatic carbocycles. The van der Waals surface area contributed by atoms with Gasteiger partial charge in [-0.2, -0.15) is 0 Å². The third-order valence-corrected chi connectivity index (χ3v) is 2.25. The summed E-state index contributed by atoms with van der Waals surface area (Å²) in [5, 5.41) is 3.02. The number of carbonyl (C=O) groups excluding carboxylic acids is 1. The molecule has 1 aromatic heterocycles. The Kier molecular flexibility index (Phi) is 4.26. The van der Waals surface area contributed by atoms with Crippen LogP contribution in [0.3, 0.4) is 0 Å². The number of aromatic nitrogens is 1. The molecule has 14 heavy (non-hydrogen) atoms. The zero-order valence-corrected chi connectivity index (χ0v) is 8.66. The minimum atomic E-state index is -0.0794. The van der Waals surface area contributed by atoms with Crippen molar-refractivity contribution in [3.05, 3.63) is 30.1 Å². The van der Waals surface area contributed by atoms with Crippen LogP contribution in [0, 0.1) is 0 Å². The maximum absolute atomic E-state index is 11.5. The molecule has 0 fully saturated rings. The average molecular weight is 192 g/mol. The first-order chi connectivity index (χ1) is 6.77. The van der Waals surface area contributed by atoms with E-state index >= 15 is 0 Å². The van der Waals surface area contributed by atoms with Crippen LogP contribution in [-0.4, -0.2) is 23.9 Å². The second-order valence-corrected chi connectivity index (χ2v) is 3.23. The predicted molar refractivity (Wildman–Crippen MR) is 56.1 cm³/mol. The number of pyridine rings is 1. The van der Waals surface area contributed by atoms with Gasteiger partial charge in [-0.1, -0.05) is 13.0 Å². The molecule has 1 unspecified atom stereocenters. The van der Waals surface area contributed by atoms with Crippen molar-refractivity contribution in [3.8, 4) is 0 Å². The van der Waals surface area contributed by atoms with Crippen molar-refractivity contribution in [1.29, 1.82) is 0 Å². The molecule has 1 rings (SSSR count). The van der Waals surface area contributed by atoms with Gasteiger partial charge in [0.05, 0.1) is 6.04 Å². The summed E-state index contributed by atoms with van der Waals surface area (Å²) in [6, 6.07) is 3.79. The highest BCUT2D eigenvalue weighted by Gasteiger charge is 2.14. The highest BCUT2D eigenvalue weighted by atomic mass is 16.1. The number of hydrogen-bond donors (Lipinski definition) is 1. The molecule has 1 heterocycles. The highest BCUT2D eigenvalue weighted by molar-refractivity contribution is 5.83. The molecule has 0 saturated heterocycles. The molecule has 0 saturated carbocycles. The number of likely N-dealkylation sites (N-methyl/N-ethyl adjacent to an activating group) is 1. The van der Waals surface area contributed by atoms with E-state index < -0.39 is 0 Å². The molecular formula is C11H16N2O. The molecule has 1 N–H and O–H groups in total. The van der Waals surface area contributed by atoms with Gasteiger partial charge in [-0.25, -0.2) is 0 Å². The summed E-state index contributed by atoms with van der Waals surface area (Å²) in [6.45, 7) is 1.88. The van der Waals surface area contributed by atoms with Crippen molar-refractivity contribution in [1.82, 2.24) is 10.3 Å². The summed E-state index contributed by atoms with van der Waals surface area (Å²) in [5.41, 5.74) is 1.09. The van der Waals surface area contributed by atoms with Crippen LogP contribution >= 0.6 is 0 Å². The van der Waals surface area contributed by atoms with Gasteiger partial charge in [0.2, 0.25) is 0 Å². The Morgan fingerprint density at radius 3 is 2.93 bits per heavy atom. The van der Waals surface area contributed by atoms with Gasteiger partial charge in [0.15, 0.2) is 0 Å². The minimum Gasteiger partial charge on any atom is -0.310 e. The summed E-state index contributed by atoms with van der Waals surface area (Å²) < 4.78 is 0. The minimum absolute atomic E-state index is 0.0794. The van der Waals surface area contributed by atoms with Crippen molar-refractivity contribution in [2.45, 2.75) is 25.8 Å². The molecule has 0 bridgehead atoms. The Hall–Kier alpha value is -1.22. The van der Waals surface area contributed by atoms with Gasteiger partial charge in [0, 0.05) is 18.8 Å². The molecule has 0 aliphatic rings. The maximum atomic E-state index is 11.5. The lowest BCUT2D eigenvalue weighted by atomic mass is 10.0. The number of ketones is 1. The molecule has 3 heteroatoms. The zero-order chi connectivity index (χ0) is 10.4. The number of hydrogen-bond acceptors (Lipinski definition) is 3. The van der Waals surface area contributed by atoms with Gasteiger partial charge < -0.3 is 5.32 Å². The van der Waals surface area contributed by atoms with Crippen molar-refractivity contribution in [2.24, 2.45) is 0 Å². The van der Waals surface area contributed by atoms with Gasteiger partial charge in [-0.3, -0.25) is 9.78 Å². The number of nitrogens with zero attached hydrogens (tertiary/aromatic N) is 1. The summed E-state index contributed by atoms with van der Waals surface area (Å²) in [7, 11) is 1.81. The molecule has 0 radical (unpaired) electrons. The lowest BCUT2D eigenvalue weighted by molar-refractivity contribution is -0.120. The molecule has 1 aromatic rings. The second-order valence-electron chi connectivity index (χ2n) is 3.23. The van der Waals surface area contributed by atoms with Gasteiger partial charge >= 0.3 is 0 Å². The zero-order valence-electron chi connectivity index (χ0n) is 8.66. The van der Waals surface area contributed by atoms with E-state index in [2.05, 4.69) is 10.3 Å². The third-order valence-electron chi connectivity index (χ3n) is 2.25. The van der Waals surface area contributed by atoms with Crippen LogP contribution in [0.5, 0.6) is 0 Å². The van der Waals surface area contributed by atoms with E-state index in [1.807, 2.05) is 26.1 Å². The van der Waals surface area contributed by atoms with Crippen LogP contribution in [0.1, 0.15) is 18.9 Å². The van der Waals surface area contributed by atoms with Crippen LogP contribution in [0.4, 0.5) is 0 Å². The Bertz CT molecular complexity index is 285. The van der Waals surface area contributed by atoms with E-state index in [1.54, 1.807) is 12.4 Å². The second kappa shape index (κ2) is 5.50. The third kappa shape index (κ3) is 2.92. The van der Waals surface area contributed by atoms with Crippen LogP contribution in [0.2, 0.25) is 0 Å². The van der Waals surface area contributed by atoms with E-state index in [-0.39, 0.29) is 11.8 Å². The number of carbonyl (C=O) groups is 1. The van der Waals surface area contributed by atoms with E-state index in [4.69, 9.17) is 0 Å². The monoisotopic (exact) mass is 192 g/mol. The largest absolute Gasteiger partial charge is 0.310 e. The lowest BCUT2D eigenvalue weighted by Crippen LogP contribution is -2.35. The first kappa shape index (κ1) is 10.9. The topological polar surface area (TPSA) is 42.0 Å². The van der Waals surface area contributed by atoms with E-state index in [9.17, 15) is 4.79 Å². The molecule has 1 atom stereocenters. The average Bonchev–Trinajstić information content (AvgIpc) is 2.26. The normalized spacial score (nSPS) is 12.4. The fourth-order valence-corrected chi connectivity index (χ4v) is 1.38. The van der Waals surface area contributed by atoms with Gasteiger partial charge in [0.1, 0.15) is 5.78 Å². The van der Waals surface area contributed by atoms with Gasteiger partial charge in [-0.05, 0) is 25.1 Å². The molecule has 0 spiro atoms. The van der Waals surface area contributed by atoms with Crippen LogP contribution in [0.15, 0.2) is 24.5 Å². The van der Waals surface area contributed by atoms with Crippen LogP contribution in [-0.2, 0) is 11.2 Å². The number of rotatable bonds is 5. The standard InChI is InChI=1S/C11H16N2O/c1-3-11(14)10(12-2)7-9-5-4-6-13-8-9/h4-6,8,10,12H,3,7H2,1-2H3. The fraction of sp³-hybridized carbons (Fsp3) is 0.455. The Morgan fingerprint density at radius 2 is 2.43 bits per heavy atom. The highest BCUT2D eigenvalue weighted by Crippen LogP contribution is 2.03. The number of Topliss-reactive ketones (excluding diaryl/α,β-unsaturated/α-hetero) is 1. The molecule has 3 nitrogen and oxygen atoms in total. The first-order valence-electron chi connectivity index (χ1n) is 4.86. The molecular weight excluding hydrogens is 176 g/mol. The van der Waals surface area contributed by atoms with Gasteiger partial charge in [0.25, 0.3) is 0 Å². The Labute approximate surface area is 84.6 Å². The van der Waals surface area contributed by atoms with Crippen molar-refractivity contribution >= 4 is 5.78 Å². The fourth-order valence-electron chi connectivity index (χ4n) is 1.38. The van der Waals surface area contributed by atoms with E-state index in [1.165, 1.54) is 0 Å². The SMILES string of the molecule is CCC(=O)C(Cc1cccnc1)NC. The van der Waals surface area contributed by atoms with Crippen LogP contribution in [0.25, 0.3) is 0 Å². The molecule has 0 aliphatic heterocycles. The molecule has 76 valence electrons. The first-order valence-corrected chi connectivity index (χ1v) is 4.86. The van der Waals surface area contributed by atoms with Crippen molar-refractivity contribution < 1.29 is 4.79 Å². The Balaban J connectivity index is 2.62. The summed E-state index contributed by atoms with van der Waals surface area (Å²) in [5.74, 6) is 0.247. The van der Waals surface area contributed by atoms with E-state index in [0.717, 1.165) is 12.0 Å². The van der Waals surface area contributed by atoms with Gasteiger partial charge in [-0.15, -0.1) is 0 Å². The lowest BCUT2D eigenvalue weighted by Gasteiger charge is -2.13. The predicted octanol–water partition coefficient (Wildman–Crippen LogP) is 1.19. The molecule has 0 aliphatic carbocycles. The van der Waals surface area contributed by atoms with Crippen LogP contribution < -0.4 is 5.32 Å². The summed E-state index contributed by atoms with van der Waals surface area (Å²) in [4.78, 5) is 15.5. The quantitative estimate of drug-likeness (QED) is 0.762. The van der Waals surface area contributed by atoms with Crippen molar-refractivity contribution in [3.63, 3.8) is 0 Å². The number of nitrogens with one attached hydrogen (secondary N) is 1. The van der Waals surface area contributed by atoms with Crippen molar-refractivity contribution in [2.75, 3.05) is 7.05 Å². The summed E-state index contributed by atoms with van der Waals surface area (Å²) in [6.07, 6.45) is 4.83. The van der Waals surface area contributed by atoms with E-state index in [0.29, 0.717) is 6.42 Å². The smallest absolute Gasteiger partial charge is 0.149 e. The Morgan fingerprint density at radius 1 is 1.64 bits per heavy atom. The summed E-state index contributed by atoms with van der Waals surface area (Å²) >= 11 is 0. The maximum Gasteiger partial charge on any atom is 0.149 e. The molecule has 0 amide bonds.